The van der Waals surface area contributed by atoms with Crippen LogP contribution in [0.15, 0.2) is 59.8 Å². The number of hydrogen-bond acceptors (Lipinski definition) is 6. The Labute approximate surface area is 180 Å². The molecule has 3 aromatic rings. The summed E-state index contributed by atoms with van der Waals surface area (Å²) in [6, 6.07) is 17.1. The van der Waals surface area contributed by atoms with Gasteiger partial charge in [-0.3, -0.25) is 4.79 Å². The molecule has 2 N–H and O–H groups in total. The highest BCUT2D eigenvalue weighted by molar-refractivity contribution is 8.00. The van der Waals surface area contributed by atoms with E-state index in [2.05, 4.69) is 27.9 Å². The van der Waals surface area contributed by atoms with E-state index in [-0.39, 0.29) is 11.9 Å². The number of carbonyl (C=O) groups excluding carboxylic acids is 1. The molecule has 30 heavy (non-hydrogen) atoms. The molecule has 0 aliphatic carbocycles. The smallest absolute Gasteiger partial charge is 0.240 e. The number of rotatable bonds is 7. The minimum absolute atomic E-state index is 0.0797. The van der Waals surface area contributed by atoms with Crippen LogP contribution in [0.1, 0.15) is 37.7 Å². The molecule has 2 aromatic carbocycles. The molecule has 4 rings (SSSR count). The summed E-state index contributed by atoms with van der Waals surface area (Å²) in [5.74, 6) is 1.60. The number of nitrogens with zero attached hydrogens (tertiary/aromatic N) is 3. The van der Waals surface area contributed by atoms with E-state index in [1.165, 1.54) is 11.8 Å². The first-order valence-corrected chi connectivity index (χ1v) is 11.0. The minimum Gasteiger partial charge on any atom is -0.494 e. The van der Waals surface area contributed by atoms with E-state index in [4.69, 9.17) is 4.74 Å². The second-order valence-electron chi connectivity index (χ2n) is 6.99. The fraction of sp³-hybridized carbons (Fsp3) is 0.318. The molecule has 1 amide bonds. The van der Waals surface area contributed by atoms with Crippen LogP contribution in [-0.4, -0.2) is 32.6 Å². The number of carbonyl (C=O) groups is 1. The third-order valence-corrected chi connectivity index (χ3v) is 6.04. The number of thioether (sulfide) groups is 1. The van der Waals surface area contributed by atoms with Crippen molar-refractivity contribution < 1.29 is 9.53 Å². The van der Waals surface area contributed by atoms with E-state index in [1.807, 2.05) is 66.2 Å². The van der Waals surface area contributed by atoms with Crippen molar-refractivity contribution >= 4 is 23.4 Å². The van der Waals surface area contributed by atoms with Crippen LogP contribution in [0.4, 0.5) is 5.69 Å². The van der Waals surface area contributed by atoms with Crippen LogP contribution in [0.3, 0.4) is 0 Å². The first-order valence-electron chi connectivity index (χ1n) is 10.2. The topological polar surface area (TPSA) is 81.1 Å². The van der Waals surface area contributed by atoms with Crippen LogP contribution < -0.4 is 15.5 Å². The van der Waals surface area contributed by atoms with Gasteiger partial charge in [0.2, 0.25) is 11.1 Å². The number of aryl methyl sites for hydroxylation is 1. The van der Waals surface area contributed by atoms with Crippen molar-refractivity contribution in [3.8, 4) is 5.75 Å². The SMILES string of the molecule is CCCc1nnc2n1N[C@@H](c1ccc(OCC)cc1)[C@H](C(=O)Nc1ccccc1)S2. The van der Waals surface area contributed by atoms with E-state index in [9.17, 15) is 4.79 Å². The largest absolute Gasteiger partial charge is 0.494 e. The van der Waals surface area contributed by atoms with E-state index in [0.29, 0.717) is 11.8 Å². The predicted molar refractivity (Wildman–Crippen MR) is 118 cm³/mol. The lowest BCUT2D eigenvalue weighted by atomic mass is 10.0. The highest BCUT2D eigenvalue weighted by Crippen LogP contribution is 2.38. The van der Waals surface area contributed by atoms with Gasteiger partial charge in [0.05, 0.1) is 12.6 Å². The van der Waals surface area contributed by atoms with Gasteiger partial charge in [-0.05, 0) is 43.2 Å². The second-order valence-corrected chi connectivity index (χ2v) is 8.10. The van der Waals surface area contributed by atoms with Crippen molar-refractivity contribution in [1.82, 2.24) is 14.9 Å². The monoisotopic (exact) mass is 423 g/mol. The zero-order chi connectivity index (χ0) is 20.9. The molecule has 8 heteroatoms. The molecule has 1 aliphatic rings. The van der Waals surface area contributed by atoms with Gasteiger partial charge < -0.3 is 15.5 Å². The second kappa shape index (κ2) is 9.21. The van der Waals surface area contributed by atoms with E-state index in [1.54, 1.807) is 0 Å². The molecular formula is C22H25N5O2S. The molecule has 2 heterocycles. The van der Waals surface area contributed by atoms with Crippen LogP contribution in [-0.2, 0) is 11.2 Å². The van der Waals surface area contributed by atoms with Crippen LogP contribution in [0, 0.1) is 0 Å². The first kappa shape index (κ1) is 20.3. The molecule has 0 saturated heterocycles. The molecular weight excluding hydrogens is 398 g/mol. The maximum absolute atomic E-state index is 13.2. The van der Waals surface area contributed by atoms with Crippen LogP contribution in [0.2, 0.25) is 0 Å². The Balaban J connectivity index is 1.64. The zero-order valence-electron chi connectivity index (χ0n) is 17.0. The summed E-state index contributed by atoms with van der Waals surface area (Å²) in [5, 5.41) is 11.9. The fourth-order valence-corrected chi connectivity index (χ4v) is 4.51. The average molecular weight is 424 g/mol. The molecule has 1 aliphatic heterocycles. The number of benzene rings is 2. The van der Waals surface area contributed by atoms with Crippen molar-refractivity contribution in [2.75, 3.05) is 17.3 Å². The molecule has 7 nitrogen and oxygen atoms in total. The van der Waals surface area contributed by atoms with Gasteiger partial charge in [-0.25, -0.2) is 4.68 Å². The van der Waals surface area contributed by atoms with Gasteiger partial charge in [-0.15, -0.1) is 10.2 Å². The molecule has 156 valence electrons. The summed E-state index contributed by atoms with van der Waals surface area (Å²) in [6.45, 7) is 4.68. The maximum atomic E-state index is 13.2. The normalized spacial score (nSPS) is 17.7. The number of amides is 1. The Morgan fingerprint density at radius 3 is 2.60 bits per heavy atom. The third-order valence-electron chi connectivity index (χ3n) is 4.83. The van der Waals surface area contributed by atoms with Crippen molar-refractivity contribution in [3.63, 3.8) is 0 Å². The van der Waals surface area contributed by atoms with Crippen LogP contribution in [0.5, 0.6) is 5.75 Å². The van der Waals surface area contributed by atoms with E-state index >= 15 is 0 Å². The number of hydrogen-bond donors (Lipinski definition) is 2. The Morgan fingerprint density at radius 1 is 1.13 bits per heavy atom. The van der Waals surface area contributed by atoms with Gasteiger partial charge in [-0.1, -0.05) is 49.0 Å². The number of ether oxygens (including phenoxy) is 1. The van der Waals surface area contributed by atoms with Gasteiger partial charge in [-0.2, -0.15) is 0 Å². The van der Waals surface area contributed by atoms with E-state index in [0.717, 1.165) is 35.7 Å². The quantitative estimate of drug-likeness (QED) is 0.597. The molecule has 0 saturated carbocycles. The zero-order valence-corrected chi connectivity index (χ0v) is 17.9. The number of fused-ring (bicyclic) bond motifs is 1. The summed E-state index contributed by atoms with van der Waals surface area (Å²) in [6.07, 6.45) is 1.79. The standard InChI is InChI=1S/C22H25N5O2S/c1-3-8-18-24-25-22-27(18)26-19(15-11-13-17(14-12-15)29-4-2)20(30-22)21(28)23-16-9-6-5-7-10-16/h5-7,9-14,19-20,26H,3-4,8H2,1-2H3,(H,23,28)/t19-,20+/m0/s1. The number of nitrogens with one attached hydrogen (secondary N) is 2. The summed E-state index contributed by atoms with van der Waals surface area (Å²) in [5.41, 5.74) is 5.26. The molecule has 0 radical (unpaired) electrons. The summed E-state index contributed by atoms with van der Waals surface area (Å²) >= 11 is 1.43. The molecule has 0 fully saturated rings. The van der Waals surface area contributed by atoms with Gasteiger partial charge >= 0.3 is 0 Å². The van der Waals surface area contributed by atoms with Gasteiger partial charge in [0.25, 0.3) is 0 Å². The highest BCUT2D eigenvalue weighted by atomic mass is 32.2. The number of aromatic nitrogens is 3. The lowest BCUT2D eigenvalue weighted by molar-refractivity contribution is -0.116. The predicted octanol–water partition coefficient (Wildman–Crippen LogP) is 4.03. The van der Waals surface area contributed by atoms with Gasteiger partial charge in [0.1, 0.15) is 11.0 Å². The van der Waals surface area contributed by atoms with Crippen molar-refractivity contribution in [1.29, 1.82) is 0 Å². The third kappa shape index (κ3) is 4.28. The summed E-state index contributed by atoms with van der Waals surface area (Å²) in [7, 11) is 0. The molecule has 1 aromatic heterocycles. The summed E-state index contributed by atoms with van der Waals surface area (Å²) in [4.78, 5) is 13.2. The maximum Gasteiger partial charge on any atom is 0.240 e. The Kier molecular flexibility index (Phi) is 6.23. The van der Waals surface area contributed by atoms with Crippen LogP contribution in [0.25, 0.3) is 0 Å². The lowest BCUT2D eigenvalue weighted by Gasteiger charge is -2.33. The average Bonchev–Trinajstić information content (AvgIpc) is 3.16. The summed E-state index contributed by atoms with van der Waals surface area (Å²) < 4.78 is 7.48. The van der Waals surface area contributed by atoms with Crippen molar-refractivity contribution in [3.05, 3.63) is 66.0 Å². The Morgan fingerprint density at radius 2 is 1.90 bits per heavy atom. The van der Waals surface area contributed by atoms with E-state index < -0.39 is 5.25 Å². The minimum atomic E-state index is -0.408. The Hall–Kier alpha value is -3.00. The fourth-order valence-electron chi connectivity index (χ4n) is 3.41. The number of para-hydroxylation sites is 1. The van der Waals surface area contributed by atoms with Crippen LogP contribution >= 0.6 is 11.8 Å². The van der Waals surface area contributed by atoms with Crippen molar-refractivity contribution in [2.24, 2.45) is 0 Å². The van der Waals surface area contributed by atoms with Gasteiger partial charge in [0, 0.05) is 12.1 Å². The first-order chi connectivity index (χ1) is 14.7. The molecule has 0 spiro atoms. The Bertz CT molecular complexity index is 991. The highest BCUT2D eigenvalue weighted by Gasteiger charge is 2.37. The van der Waals surface area contributed by atoms with Gasteiger partial charge in [0.15, 0.2) is 5.82 Å². The molecule has 0 bridgehead atoms. The van der Waals surface area contributed by atoms with Crippen molar-refractivity contribution in [2.45, 2.75) is 43.1 Å². The lowest BCUT2D eigenvalue weighted by Crippen LogP contribution is -2.41. The molecule has 0 unspecified atom stereocenters. The molecule has 2 atom stereocenters. The number of anilines is 1.